The van der Waals surface area contributed by atoms with E-state index in [1.165, 1.54) is 0 Å². The Bertz CT molecular complexity index is 991. The minimum atomic E-state index is -0.938. The van der Waals surface area contributed by atoms with Gasteiger partial charge in [0.2, 0.25) is 0 Å². The number of fused-ring (bicyclic) bond motifs is 1. The predicted molar refractivity (Wildman–Crippen MR) is 106 cm³/mol. The van der Waals surface area contributed by atoms with Gasteiger partial charge in [-0.2, -0.15) is 0 Å². The van der Waals surface area contributed by atoms with Crippen LogP contribution >= 0.6 is 0 Å². The van der Waals surface area contributed by atoms with Crippen LogP contribution in [-0.4, -0.2) is 34.8 Å². The molecule has 0 aliphatic heterocycles. The van der Waals surface area contributed by atoms with Gasteiger partial charge in [0.15, 0.2) is 6.61 Å². The minimum Gasteiger partial charge on any atom is -0.480 e. The highest BCUT2D eigenvalue weighted by molar-refractivity contribution is 5.92. The highest BCUT2D eigenvalue weighted by Gasteiger charge is 2.20. The van der Waals surface area contributed by atoms with Gasteiger partial charge in [0.05, 0.1) is 12.1 Å². The van der Waals surface area contributed by atoms with Crippen molar-refractivity contribution in [3.05, 3.63) is 65.4 Å². The van der Waals surface area contributed by atoms with Gasteiger partial charge in [-0.05, 0) is 37.5 Å². The summed E-state index contributed by atoms with van der Waals surface area (Å²) in [5.74, 6) is -0.933. The van der Waals surface area contributed by atoms with Gasteiger partial charge in [-0.15, -0.1) is 0 Å². The molecule has 0 fully saturated rings. The predicted octanol–water partition coefficient (Wildman–Crippen LogP) is 3.57. The van der Waals surface area contributed by atoms with Crippen molar-refractivity contribution in [1.82, 2.24) is 4.57 Å². The van der Waals surface area contributed by atoms with E-state index in [1.54, 1.807) is 17.6 Å². The lowest BCUT2D eigenvalue weighted by molar-refractivity contribution is -0.145. The number of carboxylic acids is 1. The Morgan fingerprint density at radius 1 is 1.07 bits per heavy atom. The van der Waals surface area contributed by atoms with Gasteiger partial charge in [-0.3, -0.25) is 4.79 Å². The summed E-state index contributed by atoms with van der Waals surface area (Å²) in [6.07, 6.45) is 0.678. The number of rotatable bonds is 8. The standard InChI is InChI=1S/C22H23NO5/c1-3-27-21(26)14-28-19-11-7-10-17-18(12-16-8-5-4-6-9-16)15(2)23(22(17)19)13-20(24)25/h4-11H,3,12-14H2,1-2H3,(H,24,25). The molecular formula is C22H23NO5. The molecule has 0 bridgehead atoms. The van der Waals surface area contributed by atoms with Gasteiger partial charge in [0.1, 0.15) is 12.3 Å². The number of aromatic nitrogens is 1. The van der Waals surface area contributed by atoms with Crippen LogP contribution in [0.25, 0.3) is 10.9 Å². The molecule has 0 saturated carbocycles. The highest BCUT2D eigenvalue weighted by atomic mass is 16.6. The third-order valence-electron chi connectivity index (χ3n) is 4.60. The number of hydrogen-bond acceptors (Lipinski definition) is 4. The van der Waals surface area contributed by atoms with Crippen LogP contribution in [0.15, 0.2) is 48.5 Å². The lowest BCUT2D eigenvalue weighted by Gasteiger charge is -2.10. The molecule has 1 aromatic heterocycles. The van der Waals surface area contributed by atoms with E-state index in [1.807, 2.05) is 49.4 Å². The summed E-state index contributed by atoms with van der Waals surface area (Å²) in [6.45, 7) is 3.52. The van der Waals surface area contributed by atoms with Crippen LogP contribution in [-0.2, 0) is 27.3 Å². The minimum absolute atomic E-state index is 0.184. The quantitative estimate of drug-likeness (QED) is 0.604. The second-order valence-electron chi connectivity index (χ2n) is 6.45. The van der Waals surface area contributed by atoms with Crippen LogP contribution in [0, 0.1) is 6.92 Å². The van der Waals surface area contributed by atoms with Crippen molar-refractivity contribution >= 4 is 22.8 Å². The molecule has 6 nitrogen and oxygen atoms in total. The van der Waals surface area contributed by atoms with Crippen molar-refractivity contribution < 1.29 is 24.2 Å². The molecule has 0 radical (unpaired) electrons. The van der Waals surface area contributed by atoms with Crippen molar-refractivity contribution in [3.8, 4) is 5.75 Å². The van der Waals surface area contributed by atoms with Gasteiger partial charge < -0.3 is 19.1 Å². The fourth-order valence-electron chi connectivity index (χ4n) is 3.38. The molecular weight excluding hydrogens is 358 g/mol. The third-order valence-corrected chi connectivity index (χ3v) is 4.60. The Morgan fingerprint density at radius 3 is 2.50 bits per heavy atom. The summed E-state index contributed by atoms with van der Waals surface area (Å²) >= 11 is 0. The van der Waals surface area contributed by atoms with Crippen molar-refractivity contribution in [3.63, 3.8) is 0 Å². The van der Waals surface area contributed by atoms with Crippen molar-refractivity contribution in [2.75, 3.05) is 13.2 Å². The number of aliphatic carboxylic acids is 1. The van der Waals surface area contributed by atoms with Crippen LogP contribution in [0.3, 0.4) is 0 Å². The summed E-state index contributed by atoms with van der Waals surface area (Å²) in [6, 6.07) is 15.6. The van der Waals surface area contributed by atoms with Crippen LogP contribution in [0.1, 0.15) is 23.7 Å². The Labute approximate surface area is 163 Å². The monoisotopic (exact) mass is 381 g/mol. The number of benzene rings is 2. The molecule has 0 aliphatic rings. The first kappa shape index (κ1) is 19.5. The average Bonchev–Trinajstić information content (AvgIpc) is 2.93. The van der Waals surface area contributed by atoms with Crippen molar-refractivity contribution in [1.29, 1.82) is 0 Å². The van der Waals surface area contributed by atoms with Gasteiger partial charge in [0, 0.05) is 11.1 Å². The van der Waals surface area contributed by atoms with E-state index in [0.717, 1.165) is 22.2 Å². The van der Waals surface area contributed by atoms with Crippen LogP contribution in [0.5, 0.6) is 5.75 Å². The van der Waals surface area contributed by atoms with E-state index >= 15 is 0 Å². The maximum atomic E-state index is 11.7. The fraction of sp³-hybridized carbons (Fsp3) is 0.273. The molecule has 6 heteroatoms. The SMILES string of the molecule is CCOC(=O)COc1cccc2c(Cc3ccccc3)c(C)n(CC(=O)O)c12. The Hall–Kier alpha value is -3.28. The van der Waals surface area contributed by atoms with E-state index < -0.39 is 11.9 Å². The first-order chi connectivity index (χ1) is 13.5. The molecule has 0 spiro atoms. The first-order valence-corrected chi connectivity index (χ1v) is 9.16. The number of carboxylic acid groups (broad SMARTS) is 1. The van der Waals surface area contributed by atoms with Gasteiger partial charge in [0.25, 0.3) is 0 Å². The molecule has 28 heavy (non-hydrogen) atoms. The molecule has 146 valence electrons. The number of carbonyl (C=O) groups is 2. The Balaban J connectivity index is 2.06. The van der Waals surface area contributed by atoms with E-state index in [9.17, 15) is 14.7 Å². The van der Waals surface area contributed by atoms with Gasteiger partial charge >= 0.3 is 11.9 Å². The number of para-hydroxylation sites is 1. The van der Waals surface area contributed by atoms with Crippen molar-refractivity contribution in [2.45, 2.75) is 26.8 Å². The topological polar surface area (TPSA) is 77.8 Å². The normalized spacial score (nSPS) is 10.8. The molecule has 0 atom stereocenters. The summed E-state index contributed by atoms with van der Waals surface area (Å²) in [4.78, 5) is 23.1. The molecule has 0 aliphatic carbocycles. The third kappa shape index (κ3) is 4.17. The maximum absolute atomic E-state index is 11.7. The molecule has 1 heterocycles. The zero-order chi connectivity index (χ0) is 20.1. The van der Waals surface area contributed by atoms with E-state index in [2.05, 4.69) is 0 Å². The zero-order valence-electron chi connectivity index (χ0n) is 16.0. The van der Waals surface area contributed by atoms with Gasteiger partial charge in [-0.1, -0.05) is 42.5 Å². The molecule has 3 aromatic rings. The molecule has 0 unspecified atom stereocenters. The first-order valence-electron chi connectivity index (χ1n) is 9.16. The maximum Gasteiger partial charge on any atom is 0.344 e. The van der Waals surface area contributed by atoms with Crippen LogP contribution in [0.2, 0.25) is 0 Å². The lowest BCUT2D eigenvalue weighted by Crippen LogP contribution is -2.15. The summed E-state index contributed by atoms with van der Waals surface area (Å²) in [7, 11) is 0. The average molecular weight is 381 g/mol. The van der Waals surface area contributed by atoms with E-state index in [-0.39, 0.29) is 19.8 Å². The van der Waals surface area contributed by atoms with E-state index in [0.29, 0.717) is 17.7 Å². The number of carbonyl (C=O) groups excluding carboxylic acids is 1. The molecule has 0 amide bonds. The Kier molecular flexibility index (Phi) is 5.99. The second kappa shape index (κ2) is 8.61. The van der Waals surface area contributed by atoms with E-state index in [4.69, 9.17) is 9.47 Å². The lowest BCUT2D eigenvalue weighted by atomic mass is 10.0. The smallest absolute Gasteiger partial charge is 0.344 e. The summed E-state index contributed by atoms with van der Waals surface area (Å²) in [5, 5.41) is 10.3. The summed E-state index contributed by atoms with van der Waals surface area (Å²) in [5.41, 5.74) is 3.73. The van der Waals surface area contributed by atoms with Gasteiger partial charge in [-0.25, -0.2) is 4.79 Å². The van der Waals surface area contributed by atoms with Crippen LogP contribution in [0.4, 0.5) is 0 Å². The molecule has 3 rings (SSSR count). The fourth-order valence-corrected chi connectivity index (χ4v) is 3.38. The highest BCUT2D eigenvalue weighted by Crippen LogP contribution is 2.34. The van der Waals surface area contributed by atoms with Crippen LogP contribution < -0.4 is 4.74 Å². The van der Waals surface area contributed by atoms with Crippen molar-refractivity contribution in [2.24, 2.45) is 0 Å². The Morgan fingerprint density at radius 2 is 1.82 bits per heavy atom. The molecule has 2 aromatic carbocycles. The number of esters is 1. The number of nitrogens with zero attached hydrogens (tertiary/aromatic N) is 1. The summed E-state index contributed by atoms with van der Waals surface area (Å²) < 4.78 is 12.3. The number of hydrogen-bond donors (Lipinski definition) is 1. The second-order valence-corrected chi connectivity index (χ2v) is 6.45. The largest absolute Gasteiger partial charge is 0.480 e. The number of ether oxygens (including phenoxy) is 2. The molecule has 0 saturated heterocycles. The molecule has 1 N–H and O–H groups in total. The zero-order valence-corrected chi connectivity index (χ0v) is 16.0.